The molecule has 1 aliphatic rings. The van der Waals surface area contributed by atoms with Gasteiger partial charge in [-0.2, -0.15) is 0 Å². The summed E-state index contributed by atoms with van der Waals surface area (Å²) in [6.07, 6.45) is 4.15. The molecular weight excluding hydrogens is 274 g/mol. The Labute approximate surface area is 131 Å². The van der Waals surface area contributed by atoms with E-state index in [2.05, 4.69) is 17.6 Å². The number of aryl methyl sites for hydroxylation is 1. The first-order chi connectivity index (χ1) is 10.8. The second-order valence-corrected chi connectivity index (χ2v) is 5.79. The molecule has 1 aromatic heterocycles. The summed E-state index contributed by atoms with van der Waals surface area (Å²) < 4.78 is 0. The molecule has 2 aromatic rings. The molecule has 0 fully saturated rings. The molecule has 0 bridgehead atoms. The molecule has 1 amide bonds. The summed E-state index contributed by atoms with van der Waals surface area (Å²) in [5.74, 6) is 0.0371. The van der Waals surface area contributed by atoms with Crippen LogP contribution in [0.5, 0.6) is 0 Å². The molecule has 116 valence electrons. The van der Waals surface area contributed by atoms with E-state index in [1.54, 1.807) is 0 Å². The van der Waals surface area contributed by atoms with E-state index < -0.39 is 0 Å². The van der Waals surface area contributed by atoms with Gasteiger partial charge in [-0.05, 0) is 43.9 Å². The van der Waals surface area contributed by atoms with Crippen LogP contribution in [0.1, 0.15) is 41.4 Å². The lowest BCUT2D eigenvalue weighted by Gasteiger charge is -2.13. The summed E-state index contributed by atoms with van der Waals surface area (Å²) >= 11 is 0. The minimum Gasteiger partial charge on any atom is -0.351 e. The molecule has 1 heterocycles. The largest absolute Gasteiger partial charge is 0.351 e. The van der Waals surface area contributed by atoms with Gasteiger partial charge in [0, 0.05) is 24.2 Å². The maximum atomic E-state index is 12.7. The van der Waals surface area contributed by atoms with Crippen LogP contribution >= 0.6 is 0 Å². The fourth-order valence-electron chi connectivity index (χ4n) is 3.12. The molecule has 1 aliphatic carbocycles. The summed E-state index contributed by atoms with van der Waals surface area (Å²) in [6.45, 7) is 4.59. The number of hydrogen-bond donors (Lipinski definition) is 2. The van der Waals surface area contributed by atoms with Gasteiger partial charge in [0.2, 0.25) is 0 Å². The van der Waals surface area contributed by atoms with E-state index in [0.717, 1.165) is 66.5 Å². The van der Waals surface area contributed by atoms with Gasteiger partial charge in [0.25, 0.3) is 5.91 Å². The number of amides is 1. The van der Waals surface area contributed by atoms with Crippen molar-refractivity contribution >= 4 is 16.8 Å². The van der Waals surface area contributed by atoms with E-state index in [1.165, 1.54) is 0 Å². The van der Waals surface area contributed by atoms with Crippen LogP contribution in [0.4, 0.5) is 0 Å². The summed E-state index contributed by atoms with van der Waals surface area (Å²) in [5, 5.41) is 7.33. The Morgan fingerprint density at radius 2 is 2.05 bits per heavy atom. The maximum absolute atomic E-state index is 12.7. The number of pyridine rings is 1. The highest BCUT2D eigenvalue weighted by Gasteiger charge is 2.23. The molecular formula is C18H23N3O. The third-order valence-electron chi connectivity index (χ3n) is 4.16. The number of aromatic nitrogens is 1. The zero-order valence-corrected chi connectivity index (χ0v) is 13.1. The Morgan fingerprint density at radius 1 is 1.18 bits per heavy atom. The second-order valence-electron chi connectivity index (χ2n) is 5.79. The molecule has 1 aromatic carbocycles. The number of carbonyl (C=O) groups excluding carboxylic acids is 1. The van der Waals surface area contributed by atoms with Crippen LogP contribution < -0.4 is 10.6 Å². The number of carbonyl (C=O) groups is 1. The lowest BCUT2D eigenvalue weighted by atomic mass is 10.0. The number of nitrogens with one attached hydrogen (secondary N) is 2. The number of fused-ring (bicyclic) bond motifs is 2. The highest BCUT2D eigenvalue weighted by atomic mass is 16.1. The second kappa shape index (κ2) is 6.88. The first-order valence-corrected chi connectivity index (χ1v) is 8.20. The van der Waals surface area contributed by atoms with Gasteiger partial charge in [-0.3, -0.25) is 9.78 Å². The molecule has 2 N–H and O–H groups in total. The molecule has 0 atom stereocenters. The van der Waals surface area contributed by atoms with Crippen LogP contribution in [0.25, 0.3) is 10.9 Å². The van der Waals surface area contributed by atoms with Crippen molar-refractivity contribution in [3.8, 4) is 0 Å². The Morgan fingerprint density at radius 3 is 2.91 bits per heavy atom. The van der Waals surface area contributed by atoms with Crippen LogP contribution in [0.3, 0.4) is 0 Å². The Bertz CT molecular complexity index is 681. The zero-order chi connectivity index (χ0) is 15.4. The topological polar surface area (TPSA) is 54.0 Å². The van der Waals surface area contributed by atoms with Crippen molar-refractivity contribution in [2.24, 2.45) is 0 Å². The van der Waals surface area contributed by atoms with Gasteiger partial charge >= 0.3 is 0 Å². The summed E-state index contributed by atoms with van der Waals surface area (Å²) in [6, 6.07) is 7.96. The minimum absolute atomic E-state index is 0.0371. The Balaban J connectivity index is 1.84. The standard InChI is InChI=1S/C18H23N3O/c1-2-10-19-11-12-20-18(22)17-13-6-3-4-8-15(13)21-16-9-5-7-14(16)17/h3-4,6,8,19H,2,5,7,9-12H2,1H3,(H,20,22). The predicted molar refractivity (Wildman–Crippen MR) is 89.3 cm³/mol. The number of para-hydroxylation sites is 1. The van der Waals surface area contributed by atoms with Crippen molar-refractivity contribution < 1.29 is 4.79 Å². The summed E-state index contributed by atoms with van der Waals surface area (Å²) in [4.78, 5) is 17.4. The zero-order valence-electron chi connectivity index (χ0n) is 13.1. The first-order valence-electron chi connectivity index (χ1n) is 8.20. The molecule has 0 saturated carbocycles. The third kappa shape index (κ3) is 2.97. The predicted octanol–water partition coefficient (Wildman–Crippen LogP) is 2.45. The van der Waals surface area contributed by atoms with E-state index in [4.69, 9.17) is 4.98 Å². The van der Waals surface area contributed by atoms with Gasteiger partial charge in [0.05, 0.1) is 11.1 Å². The molecule has 0 unspecified atom stereocenters. The third-order valence-corrected chi connectivity index (χ3v) is 4.16. The van der Waals surface area contributed by atoms with Crippen molar-refractivity contribution in [2.45, 2.75) is 32.6 Å². The van der Waals surface area contributed by atoms with Gasteiger partial charge in [-0.25, -0.2) is 0 Å². The monoisotopic (exact) mass is 297 g/mol. The lowest BCUT2D eigenvalue weighted by Crippen LogP contribution is -2.32. The van der Waals surface area contributed by atoms with Crippen molar-refractivity contribution in [1.29, 1.82) is 0 Å². The van der Waals surface area contributed by atoms with Crippen LogP contribution in [0.15, 0.2) is 24.3 Å². The average Bonchev–Trinajstić information content (AvgIpc) is 2.99. The van der Waals surface area contributed by atoms with Gasteiger partial charge < -0.3 is 10.6 Å². The van der Waals surface area contributed by atoms with E-state index in [1.807, 2.05) is 24.3 Å². The fourth-order valence-corrected chi connectivity index (χ4v) is 3.12. The van der Waals surface area contributed by atoms with Gasteiger partial charge in [0.15, 0.2) is 0 Å². The summed E-state index contributed by atoms with van der Waals surface area (Å²) in [5.41, 5.74) is 4.02. The van der Waals surface area contributed by atoms with Gasteiger partial charge in [-0.1, -0.05) is 25.1 Å². The van der Waals surface area contributed by atoms with Crippen LogP contribution in [0, 0.1) is 0 Å². The van der Waals surface area contributed by atoms with Crippen LogP contribution in [-0.2, 0) is 12.8 Å². The Kier molecular flexibility index (Phi) is 4.68. The average molecular weight is 297 g/mol. The molecule has 0 aliphatic heterocycles. The number of benzene rings is 1. The van der Waals surface area contributed by atoms with Gasteiger partial charge in [0.1, 0.15) is 0 Å². The van der Waals surface area contributed by atoms with E-state index in [0.29, 0.717) is 6.54 Å². The Hall–Kier alpha value is -1.94. The summed E-state index contributed by atoms with van der Waals surface area (Å²) in [7, 11) is 0. The molecule has 0 saturated heterocycles. The van der Waals surface area contributed by atoms with Crippen molar-refractivity contribution in [1.82, 2.24) is 15.6 Å². The van der Waals surface area contributed by atoms with Crippen molar-refractivity contribution in [3.63, 3.8) is 0 Å². The maximum Gasteiger partial charge on any atom is 0.252 e. The highest BCUT2D eigenvalue weighted by molar-refractivity contribution is 6.07. The van der Waals surface area contributed by atoms with E-state index >= 15 is 0 Å². The van der Waals surface area contributed by atoms with Gasteiger partial charge in [-0.15, -0.1) is 0 Å². The van der Waals surface area contributed by atoms with Crippen molar-refractivity contribution in [2.75, 3.05) is 19.6 Å². The number of hydrogen-bond acceptors (Lipinski definition) is 3. The molecule has 4 heteroatoms. The molecule has 4 nitrogen and oxygen atoms in total. The van der Waals surface area contributed by atoms with E-state index in [-0.39, 0.29) is 5.91 Å². The molecule has 0 radical (unpaired) electrons. The molecule has 0 spiro atoms. The van der Waals surface area contributed by atoms with Crippen LogP contribution in [0.2, 0.25) is 0 Å². The van der Waals surface area contributed by atoms with Crippen LogP contribution in [-0.4, -0.2) is 30.5 Å². The molecule has 22 heavy (non-hydrogen) atoms. The lowest BCUT2D eigenvalue weighted by molar-refractivity contribution is 0.0954. The minimum atomic E-state index is 0.0371. The molecule has 3 rings (SSSR count). The van der Waals surface area contributed by atoms with E-state index in [9.17, 15) is 4.79 Å². The smallest absolute Gasteiger partial charge is 0.252 e. The number of rotatable bonds is 6. The first kappa shape index (κ1) is 15.0. The number of nitrogens with zero attached hydrogens (tertiary/aromatic N) is 1. The van der Waals surface area contributed by atoms with Crippen molar-refractivity contribution in [3.05, 3.63) is 41.1 Å². The SMILES string of the molecule is CCCNCCNC(=O)c1c2c(nc3ccccc13)CCC2. The quantitative estimate of drug-likeness (QED) is 0.805. The fraction of sp³-hybridized carbons (Fsp3) is 0.444. The normalized spacial score (nSPS) is 13.3. The highest BCUT2D eigenvalue weighted by Crippen LogP contribution is 2.29.